The fraction of sp³-hybridized carbons (Fsp3) is 0.667. The number of aryl methyl sites for hydroxylation is 1. The van der Waals surface area contributed by atoms with Crippen LogP contribution in [0.4, 0.5) is 5.82 Å². The third kappa shape index (κ3) is 5.03. The van der Waals surface area contributed by atoms with Gasteiger partial charge in [-0.25, -0.2) is 4.98 Å². The number of anilines is 1. The Morgan fingerprint density at radius 3 is 2.12 bits per heavy atom. The van der Waals surface area contributed by atoms with Crippen LogP contribution in [0.5, 0.6) is 0 Å². The van der Waals surface area contributed by atoms with Crippen LogP contribution in [0.15, 0.2) is 12.3 Å². The molecule has 1 amide bonds. The van der Waals surface area contributed by atoms with Gasteiger partial charge < -0.3 is 14.8 Å². The zero-order chi connectivity index (χ0) is 19.8. The molecule has 0 bridgehead atoms. The standard InChI is InChI=1S/C18H31BN2O4/c1-12-10-13(19(24)25-18(7,8)17(5,6)23)11-20-14(12)21(9)15(22)16(2,3)4/h10-11,23-24H,1-9H3. The van der Waals surface area contributed by atoms with Gasteiger partial charge in [0.2, 0.25) is 5.91 Å². The second-order valence-corrected chi connectivity index (χ2v) is 8.56. The lowest BCUT2D eigenvalue weighted by Crippen LogP contribution is -2.53. The number of carbonyl (C=O) groups excluding carboxylic acids is 1. The van der Waals surface area contributed by atoms with Gasteiger partial charge in [-0.3, -0.25) is 9.69 Å². The van der Waals surface area contributed by atoms with E-state index < -0.39 is 23.7 Å². The third-order valence-electron chi connectivity index (χ3n) is 4.50. The summed E-state index contributed by atoms with van der Waals surface area (Å²) < 4.78 is 5.63. The Balaban J connectivity index is 3.05. The minimum absolute atomic E-state index is 0.0455. The Labute approximate surface area is 151 Å². The van der Waals surface area contributed by atoms with Crippen LogP contribution in [0.25, 0.3) is 0 Å². The second-order valence-electron chi connectivity index (χ2n) is 8.56. The van der Waals surface area contributed by atoms with Gasteiger partial charge in [0.1, 0.15) is 5.82 Å². The van der Waals surface area contributed by atoms with Crippen LogP contribution in [0.1, 0.15) is 54.0 Å². The number of aromatic nitrogens is 1. The van der Waals surface area contributed by atoms with Crippen molar-refractivity contribution in [2.24, 2.45) is 5.41 Å². The first kappa shape index (κ1) is 21.6. The van der Waals surface area contributed by atoms with Crippen molar-refractivity contribution in [3.8, 4) is 0 Å². The average molecular weight is 350 g/mol. The van der Waals surface area contributed by atoms with Crippen LogP contribution in [0.2, 0.25) is 0 Å². The molecular weight excluding hydrogens is 319 g/mol. The molecule has 1 heterocycles. The molecule has 0 aliphatic heterocycles. The van der Waals surface area contributed by atoms with Gasteiger partial charge in [0.15, 0.2) is 0 Å². The number of nitrogens with zero attached hydrogens (tertiary/aromatic N) is 2. The van der Waals surface area contributed by atoms with E-state index in [2.05, 4.69) is 4.98 Å². The minimum Gasteiger partial charge on any atom is -0.423 e. The number of pyridine rings is 1. The topological polar surface area (TPSA) is 82.9 Å². The molecule has 1 rings (SSSR count). The lowest BCUT2D eigenvalue weighted by molar-refractivity contribution is -0.125. The first-order valence-corrected chi connectivity index (χ1v) is 8.41. The summed E-state index contributed by atoms with van der Waals surface area (Å²) in [6.07, 6.45) is 1.49. The Kier molecular flexibility index (Phi) is 6.10. The highest BCUT2D eigenvalue weighted by Gasteiger charge is 2.39. The van der Waals surface area contributed by atoms with Crippen LogP contribution in [-0.2, 0) is 9.45 Å². The largest absolute Gasteiger partial charge is 0.493 e. The molecule has 0 fully saturated rings. The quantitative estimate of drug-likeness (QED) is 0.789. The minimum atomic E-state index is -1.23. The molecule has 0 spiro atoms. The SMILES string of the molecule is Cc1cc(B(O)OC(C)(C)C(C)(C)O)cnc1N(C)C(=O)C(C)(C)C. The summed E-state index contributed by atoms with van der Waals surface area (Å²) in [6, 6.07) is 1.74. The maximum Gasteiger partial charge on any atom is 0.493 e. The summed E-state index contributed by atoms with van der Waals surface area (Å²) in [5.41, 5.74) is -1.38. The monoisotopic (exact) mass is 350 g/mol. The van der Waals surface area contributed by atoms with E-state index in [9.17, 15) is 14.9 Å². The van der Waals surface area contributed by atoms with Gasteiger partial charge in [0.25, 0.3) is 0 Å². The van der Waals surface area contributed by atoms with Crippen molar-refractivity contribution in [1.82, 2.24) is 4.98 Å². The summed E-state index contributed by atoms with van der Waals surface area (Å²) in [5, 5.41) is 20.5. The summed E-state index contributed by atoms with van der Waals surface area (Å²) in [4.78, 5) is 18.3. The second kappa shape index (κ2) is 7.06. The molecule has 0 radical (unpaired) electrons. The van der Waals surface area contributed by atoms with E-state index in [0.29, 0.717) is 11.3 Å². The number of amides is 1. The van der Waals surface area contributed by atoms with E-state index >= 15 is 0 Å². The van der Waals surface area contributed by atoms with Crippen LogP contribution in [0.3, 0.4) is 0 Å². The molecule has 0 saturated heterocycles. The molecule has 140 valence electrons. The third-order valence-corrected chi connectivity index (χ3v) is 4.50. The van der Waals surface area contributed by atoms with Crippen LogP contribution in [0, 0.1) is 12.3 Å². The average Bonchev–Trinajstić information content (AvgIpc) is 2.42. The molecule has 2 N–H and O–H groups in total. The summed E-state index contributed by atoms with van der Waals surface area (Å²) in [7, 11) is 0.456. The van der Waals surface area contributed by atoms with Crippen LogP contribution in [-0.4, -0.2) is 46.4 Å². The molecule has 0 aliphatic carbocycles. The van der Waals surface area contributed by atoms with Crippen molar-refractivity contribution in [3.05, 3.63) is 17.8 Å². The smallest absolute Gasteiger partial charge is 0.423 e. The van der Waals surface area contributed by atoms with Crippen LogP contribution >= 0.6 is 0 Å². The highest BCUT2D eigenvalue weighted by molar-refractivity contribution is 6.60. The van der Waals surface area contributed by atoms with Crippen molar-refractivity contribution in [2.45, 2.75) is 66.6 Å². The summed E-state index contributed by atoms with van der Waals surface area (Å²) in [6.45, 7) is 14.1. The van der Waals surface area contributed by atoms with Crippen molar-refractivity contribution >= 4 is 24.3 Å². The van der Waals surface area contributed by atoms with Gasteiger partial charge in [-0.2, -0.15) is 0 Å². The maximum absolute atomic E-state index is 12.4. The van der Waals surface area contributed by atoms with Gasteiger partial charge in [-0.15, -0.1) is 0 Å². The number of hydrogen-bond donors (Lipinski definition) is 2. The van der Waals surface area contributed by atoms with E-state index in [0.717, 1.165) is 5.56 Å². The summed E-state index contributed by atoms with van der Waals surface area (Å²) >= 11 is 0. The predicted octanol–water partition coefficient (Wildman–Crippen LogP) is 1.65. The van der Waals surface area contributed by atoms with E-state index in [1.165, 1.54) is 11.1 Å². The first-order chi connectivity index (χ1) is 11.1. The zero-order valence-electron chi connectivity index (χ0n) is 16.8. The molecule has 1 aromatic heterocycles. The van der Waals surface area contributed by atoms with E-state index in [1.54, 1.807) is 40.8 Å². The Bertz CT molecular complexity index is 633. The summed E-state index contributed by atoms with van der Waals surface area (Å²) in [5.74, 6) is 0.494. The number of hydrogen-bond acceptors (Lipinski definition) is 5. The Hall–Kier alpha value is -1.44. The van der Waals surface area contributed by atoms with Gasteiger partial charge in [-0.05, 0) is 40.2 Å². The van der Waals surface area contributed by atoms with Crippen molar-refractivity contribution in [2.75, 3.05) is 11.9 Å². The Morgan fingerprint density at radius 1 is 1.20 bits per heavy atom. The molecule has 0 unspecified atom stereocenters. The first-order valence-electron chi connectivity index (χ1n) is 8.41. The fourth-order valence-electron chi connectivity index (χ4n) is 2.17. The molecular formula is C18H31BN2O4. The number of aliphatic hydroxyl groups is 1. The van der Waals surface area contributed by atoms with E-state index in [1.807, 2.05) is 27.7 Å². The van der Waals surface area contributed by atoms with Crippen molar-refractivity contribution < 1.29 is 19.6 Å². The van der Waals surface area contributed by atoms with Crippen LogP contribution < -0.4 is 10.4 Å². The van der Waals surface area contributed by atoms with E-state index in [4.69, 9.17) is 4.65 Å². The van der Waals surface area contributed by atoms with Crippen molar-refractivity contribution in [1.29, 1.82) is 0 Å². The maximum atomic E-state index is 12.4. The van der Waals surface area contributed by atoms with Gasteiger partial charge in [0, 0.05) is 24.1 Å². The van der Waals surface area contributed by atoms with Crippen molar-refractivity contribution in [3.63, 3.8) is 0 Å². The van der Waals surface area contributed by atoms with E-state index in [-0.39, 0.29) is 5.91 Å². The van der Waals surface area contributed by atoms with Gasteiger partial charge >= 0.3 is 7.12 Å². The molecule has 0 atom stereocenters. The predicted molar refractivity (Wildman–Crippen MR) is 101 cm³/mol. The lowest BCUT2D eigenvalue weighted by Gasteiger charge is -2.38. The number of rotatable bonds is 5. The van der Waals surface area contributed by atoms with Gasteiger partial charge in [0.05, 0.1) is 11.2 Å². The molecule has 7 heteroatoms. The highest BCUT2D eigenvalue weighted by atomic mass is 16.5. The number of carbonyl (C=O) groups is 1. The normalized spacial score (nSPS) is 12.9. The molecule has 25 heavy (non-hydrogen) atoms. The molecule has 1 aromatic rings. The zero-order valence-corrected chi connectivity index (χ0v) is 16.8. The molecule has 0 aromatic carbocycles. The highest BCUT2D eigenvalue weighted by Crippen LogP contribution is 2.26. The lowest BCUT2D eigenvalue weighted by atomic mass is 9.77. The fourth-order valence-corrected chi connectivity index (χ4v) is 2.17. The molecule has 0 saturated carbocycles. The molecule has 0 aliphatic rings. The van der Waals surface area contributed by atoms with Gasteiger partial charge in [-0.1, -0.05) is 26.8 Å². The molecule has 6 nitrogen and oxygen atoms in total. The Morgan fingerprint density at radius 2 is 1.72 bits per heavy atom.